The van der Waals surface area contributed by atoms with Crippen LogP contribution in [0.4, 0.5) is 0 Å². The summed E-state index contributed by atoms with van der Waals surface area (Å²) in [6.45, 7) is 4.44. The Labute approximate surface area is 274 Å². The van der Waals surface area contributed by atoms with Gasteiger partial charge in [-0.2, -0.15) is 10.5 Å². The van der Waals surface area contributed by atoms with Crippen LogP contribution in [-0.2, 0) is 9.59 Å². The Morgan fingerprint density at radius 3 is 1.43 bits per heavy atom. The molecule has 4 saturated carbocycles. The summed E-state index contributed by atoms with van der Waals surface area (Å²) in [7, 11) is 0. The lowest BCUT2D eigenvalue weighted by molar-refractivity contribution is -0.115. The summed E-state index contributed by atoms with van der Waals surface area (Å²) in [6.07, 6.45) is 19.3. The molecule has 0 unspecified atom stereocenters. The molecule has 0 aromatic heterocycles. The number of fused-ring (bicyclic) bond motifs is 8. The van der Waals surface area contributed by atoms with Crippen LogP contribution < -0.4 is 0 Å². The van der Waals surface area contributed by atoms with E-state index in [-0.39, 0.29) is 35.2 Å². The van der Waals surface area contributed by atoms with Gasteiger partial charge in [0.25, 0.3) is 0 Å². The minimum absolute atomic E-state index is 0.122. The van der Waals surface area contributed by atoms with Crippen molar-refractivity contribution in [2.24, 2.45) is 34.5 Å². The van der Waals surface area contributed by atoms with Crippen molar-refractivity contribution in [2.45, 2.75) is 141 Å². The molecule has 0 bridgehead atoms. The molecule has 8 atom stereocenters. The molecule has 0 amide bonds. The van der Waals surface area contributed by atoms with Crippen molar-refractivity contribution in [3.05, 3.63) is 45.6 Å². The van der Waals surface area contributed by atoms with Gasteiger partial charge in [-0.3, -0.25) is 9.59 Å². The monoisotopic (exact) mass is 622 g/mol. The highest BCUT2D eigenvalue weighted by atomic mass is 16.3. The molecule has 8 aliphatic rings. The average Bonchev–Trinajstić information content (AvgIpc) is 3.45. The summed E-state index contributed by atoms with van der Waals surface area (Å²) >= 11 is 0. The number of hydrogen-bond acceptors (Lipinski definition) is 6. The predicted molar refractivity (Wildman–Crippen MR) is 175 cm³/mol. The van der Waals surface area contributed by atoms with Gasteiger partial charge in [0.1, 0.15) is 0 Å². The molecule has 4 fully saturated rings. The number of rotatable bonds is 2. The number of allylic oxidation sites excluding steroid dienone is 8. The molecule has 0 saturated heterocycles. The van der Waals surface area contributed by atoms with Gasteiger partial charge in [0.05, 0.1) is 36.2 Å². The van der Waals surface area contributed by atoms with Gasteiger partial charge in [-0.05, 0) is 148 Å². The second-order valence-electron chi connectivity index (χ2n) is 16.4. The third-order valence-corrected chi connectivity index (χ3v) is 14.9. The molecule has 8 aliphatic carbocycles. The van der Waals surface area contributed by atoms with Crippen LogP contribution in [0.2, 0.25) is 0 Å². The van der Waals surface area contributed by atoms with Crippen molar-refractivity contribution in [3.8, 4) is 12.1 Å². The van der Waals surface area contributed by atoms with E-state index in [0.29, 0.717) is 36.5 Å². The summed E-state index contributed by atoms with van der Waals surface area (Å²) in [4.78, 5) is 23.4. The molecule has 0 spiro atoms. The van der Waals surface area contributed by atoms with Crippen LogP contribution in [0.5, 0.6) is 0 Å². The fourth-order valence-electron chi connectivity index (χ4n) is 12.1. The van der Waals surface area contributed by atoms with Crippen LogP contribution in [0.25, 0.3) is 0 Å². The molecule has 2 N–H and O–H groups in total. The molecule has 6 nitrogen and oxygen atoms in total. The predicted octanol–water partition coefficient (Wildman–Crippen LogP) is 7.67. The smallest absolute Gasteiger partial charge is 0.156 e. The van der Waals surface area contributed by atoms with E-state index in [2.05, 4.69) is 26.0 Å². The summed E-state index contributed by atoms with van der Waals surface area (Å²) in [6, 6.07) is 4.44. The topological polar surface area (TPSA) is 122 Å². The second kappa shape index (κ2) is 11.4. The first-order valence-electron chi connectivity index (χ1n) is 18.1. The summed E-state index contributed by atoms with van der Waals surface area (Å²) in [5, 5.41) is 40.5. The van der Waals surface area contributed by atoms with Crippen LogP contribution >= 0.6 is 0 Å². The van der Waals surface area contributed by atoms with Crippen LogP contribution in [0.3, 0.4) is 0 Å². The molecular weight excluding hydrogens is 572 g/mol. The molecule has 0 radical (unpaired) electrons. The fourth-order valence-corrected chi connectivity index (χ4v) is 12.1. The Morgan fingerprint density at radius 2 is 1.04 bits per heavy atom. The van der Waals surface area contributed by atoms with Crippen molar-refractivity contribution in [3.63, 3.8) is 0 Å². The molecule has 0 aromatic rings. The maximum Gasteiger partial charge on any atom is 0.156 e. The maximum absolute atomic E-state index is 11.7. The summed E-state index contributed by atoms with van der Waals surface area (Å²) in [5.74, 6) is 2.68. The van der Waals surface area contributed by atoms with E-state index in [1.807, 2.05) is 12.2 Å². The van der Waals surface area contributed by atoms with Crippen LogP contribution in [0, 0.1) is 57.2 Å². The lowest BCUT2D eigenvalue weighted by Gasteiger charge is -2.51. The van der Waals surface area contributed by atoms with Gasteiger partial charge < -0.3 is 10.2 Å². The highest BCUT2D eigenvalue weighted by molar-refractivity contribution is 5.93. The van der Waals surface area contributed by atoms with Gasteiger partial charge in [0.2, 0.25) is 0 Å². The Hall–Kier alpha value is -2.80. The van der Waals surface area contributed by atoms with Crippen molar-refractivity contribution in [1.82, 2.24) is 0 Å². The molecule has 0 aliphatic heterocycles. The fraction of sp³-hybridized carbons (Fsp3) is 0.700. The number of nitrogens with zero attached hydrogens (tertiary/aromatic N) is 2. The molecular formula is C40H50N2O4. The van der Waals surface area contributed by atoms with Gasteiger partial charge in [-0.1, -0.05) is 25.0 Å². The number of aliphatic hydroxyl groups is 2. The normalized spacial score (nSPS) is 42.5. The van der Waals surface area contributed by atoms with E-state index >= 15 is 0 Å². The zero-order chi connectivity index (χ0) is 32.5. The molecule has 46 heavy (non-hydrogen) atoms. The first-order chi connectivity index (χ1) is 22.0. The van der Waals surface area contributed by atoms with E-state index in [9.17, 15) is 19.8 Å². The van der Waals surface area contributed by atoms with Gasteiger partial charge in [0, 0.05) is 23.7 Å². The Kier molecular flexibility index (Phi) is 7.89. The van der Waals surface area contributed by atoms with Crippen molar-refractivity contribution in [2.75, 3.05) is 0 Å². The Balaban J connectivity index is 0.000000147. The average molecular weight is 623 g/mol. The van der Waals surface area contributed by atoms with Crippen LogP contribution in [0.15, 0.2) is 45.6 Å². The van der Waals surface area contributed by atoms with E-state index in [1.54, 1.807) is 11.1 Å². The minimum atomic E-state index is -0.804. The molecule has 0 aromatic carbocycles. The Bertz CT molecular complexity index is 1450. The molecule has 8 rings (SSSR count). The van der Waals surface area contributed by atoms with Crippen LogP contribution in [0.1, 0.15) is 129 Å². The van der Waals surface area contributed by atoms with Crippen molar-refractivity contribution >= 4 is 11.6 Å². The van der Waals surface area contributed by atoms with Gasteiger partial charge in [-0.25, -0.2) is 0 Å². The zero-order valence-electron chi connectivity index (χ0n) is 27.8. The van der Waals surface area contributed by atoms with E-state index < -0.39 is 11.2 Å². The third kappa shape index (κ3) is 4.69. The number of ketones is 2. The molecule has 244 valence electrons. The number of hydrogen-bond donors (Lipinski definition) is 2. The van der Waals surface area contributed by atoms with Gasteiger partial charge >= 0.3 is 0 Å². The SMILES string of the molecule is C[C@]12CCC3=C4CCC(=O)C=C4CC[C@H]3[C@@H]1CC[C@@]2(O)CC#N.C[C@]12CCC3=C4CCC(=O)C=C4CC[C@H]3[C@@H]1CC[C@@]2(O)CC#N. The van der Waals surface area contributed by atoms with Crippen molar-refractivity contribution in [1.29, 1.82) is 10.5 Å². The highest BCUT2D eigenvalue weighted by Gasteiger charge is 2.62. The third-order valence-electron chi connectivity index (χ3n) is 14.9. The minimum Gasteiger partial charge on any atom is -0.388 e. The van der Waals surface area contributed by atoms with E-state index in [1.165, 1.54) is 22.3 Å². The largest absolute Gasteiger partial charge is 0.388 e. The lowest BCUT2D eigenvalue weighted by atomic mass is 9.54. The molecule has 0 heterocycles. The summed E-state index contributed by atoms with van der Waals surface area (Å²) < 4.78 is 0. The lowest BCUT2D eigenvalue weighted by Crippen LogP contribution is -2.49. The second-order valence-corrected chi connectivity index (χ2v) is 16.4. The first-order valence-corrected chi connectivity index (χ1v) is 18.1. The first kappa shape index (κ1) is 31.8. The van der Waals surface area contributed by atoms with Crippen molar-refractivity contribution < 1.29 is 19.8 Å². The molecule has 6 heteroatoms. The van der Waals surface area contributed by atoms with E-state index in [4.69, 9.17) is 10.5 Å². The number of carbonyl (C=O) groups is 2. The van der Waals surface area contributed by atoms with Crippen LogP contribution in [-0.4, -0.2) is 33.0 Å². The van der Waals surface area contributed by atoms with Gasteiger partial charge in [0.15, 0.2) is 11.6 Å². The number of carbonyl (C=O) groups excluding carboxylic acids is 2. The maximum atomic E-state index is 11.7. The highest BCUT2D eigenvalue weighted by Crippen LogP contribution is 2.65. The quantitative estimate of drug-likeness (QED) is 0.326. The van der Waals surface area contributed by atoms with E-state index in [0.717, 1.165) is 89.9 Å². The number of nitriles is 2. The van der Waals surface area contributed by atoms with Gasteiger partial charge in [-0.15, -0.1) is 0 Å². The zero-order valence-corrected chi connectivity index (χ0v) is 27.8. The summed E-state index contributed by atoms with van der Waals surface area (Å²) in [5.41, 5.74) is 6.84. The standard InChI is InChI=1S/2C20H25NO2/c2*1-19-8-6-16-15-5-3-14(22)12-13(15)2-4-17(16)18(19)7-9-20(19,23)10-11-21/h2*12,17-18,23H,2-10H2,1H3/t2*17-,18+,19+,20-/m11/s1. The Morgan fingerprint density at radius 1 is 0.630 bits per heavy atom.